The van der Waals surface area contributed by atoms with E-state index in [-0.39, 0.29) is 0 Å². The lowest BCUT2D eigenvalue weighted by Gasteiger charge is -2.12. The minimum atomic E-state index is 0.719. The summed E-state index contributed by atoms with van der Waals surface area (Å²) in [4.78, 5) is 14.6. The van der Waals surface area contributed by atoms with Crippen molar-refractivity contribution < 1.29 is 0 Å². The Morgan fingerprint density at radius 1 is 0.320 bits per heavy atom. The fraction of sp³-hybridized carbons (Fsp3) is 0. The van der Waals surface area contributed by atoms with Gasteiger partial charge in [-0.05, 0) is 56.8 Å². The van der Waals surface area contributed by atoms with Crippen molar-refractivity contribution in [3.63, 3.8) is 0 Å². The second-order valence-electron chi connectivity index (χ2n) is 12.5. The van der Waals surface area contributed by atoms with Crippen molar-refractivity contribution in [2.45, 2.75) is 0 Å². The van der Waals surface area contributed by atoms with Crippen LogP contribution in [0.25, 0.3) is 89.0 Å². The first-order valence-electron chi connectivity index (χ1n) is 16.8. The lowest BCUT2D eigenvalue weighted by Crippen LogP contribution is -1.95. The molecule has 9 aromatic rings. The number of nitrogens with zero attached hydrogens (tertiary/aromatic N) is 3. The van der Waals surface area contributed by atoms with Crippen molar-refractivity contribution in [3.8, 4) is 67.3 Å². The van der Waals surface area contributed by atoms with Gasteiger partial charge in [-0.15, -0.1) is 0 Å². The van der Waals surface area contributed by atoms with Gasteiger partial charge >= 0.3 is 0 Å². The molecule has 0 fully saturated rings. The zero-order valence-electron chi connectivity index (χ0n) is 27.2. The molecule has 0 saturated heterocycles. The maximum absolute atomic E-state index is 5.00. The summed E-state index contributed by atoms with van der Waals surface area (Å²) >= 11 is 0. The predicted molar refractivity (Wildman–Crippen MR) is 207 cm³/mol. The van der Waals surface area contributed by atoms with E-state index in [1.165, 1.54) is 33.0 Å². The summed E-state index contributed by atoms with van der Waals surface area (Å²) in [5.74, 6) is 0.719. The number of hydrogen-bond donors (Lipinski definition) is 0. The van der Waals surface area contributed by atoms with Crippen LogP contribution in [-0.4, -0.2) is 15.0 Å². The van der Waals surface area contributed by atoms with Crippen LogP contribution < -0.4 is 0 Å². The molecule has 3 heteroatoms. The number of rotatable bonds is 6. The zero-order valence-corrected chi connectivity index (χ0v) is 27.2. The molecule has 3 nitrogen and oxygen atoms in total. The summed E-state index contributed by atoms with van der Waals surface area (Å²) in [5.41, 5.74) is 13.0. The Bertz CT molecular complexity index is 2550. The monoisotopic (exact) mass is 637 g/mol. The number of hydrogen-bond acceptors (Lipinski definition) is 3. The van der Waals surface area contributed by atoms with E-state index in [0.717, 1.165) is 55.9 Å². The van der Waals surface area contributed by atoms with Gasteiger partial charge in [0.15, 0.2) is 5.82 Å². The number of pyridine rings is 1. The van der Waals surface area contributed by atoms with E-state index < -0.39 is 0 Å². The molecule has 2 aromatic heterocycles. The Morgan fingerprint density at radius 3 is 1.58 bits per heavy atom. The Labute approximate surface area is 291 Å². The Morgan fingerprint density at radius 2 is 0.860 bits per heavy atom. The van der Waals surface area contributed by atoms with Crippen LogP contribution in [0, 0.1) is 0 Å². The standard InChI is InChI=1S/C47H31N3/c1-3-10-35(11-4-1)44-31-45(50-47(49-44)38-12-5-2-6-13-38)36-25-19-32(20-26-36)39-27-28-42-40(30-39)15-8-17-41(42)33-21-23-34(24-22-33)43-18-7-14-37-16-9-29-48-46(37)43/h1-31H. The van der Waals surface area contributed by atoms with Gasteiger partial charge in [-0.25, -0.2) is 9.97 Å². The molecule has 7 aromatic carbocycles. The van der Waals surface area contributed by atoms with Gasteiger partial charge < -0.3 is 0 Å². The maximum atomic E-state index is 5.00. The summed E-state index contributed by atoms with van der Waals surface area (Å²) in [6, 6.07) is 63.9. The quantitative estimate of drug-likeness (QED) is 0.182. The highest BCUT2D eigenvalue weighted by Crippen LogP contribution is 2.35. The molecule has 2 heterocycles. The van der Waals surface area contributed by atoms with Gasteiger partial charge in [-0.1, -0.05) is 164 Å². The van der Waals surface area contributed by atoms with Crippen LogP contribution in [0.3, 0.4) is 0 Å². The summed E-state index contributed by atoms with van der Waals surface area (Å²) < 4.78 is 0. The van der Waals surface area contributed by atoms with Crippen LogP contribution in [0.4, 0.5) is 0 Å². The number of benzene rings is 7. The molecule has 9 rings (SSSR count). The lowest BCUT2D eigenvalue weighted by atomic mass is 9.93. The van der Waals surface area contributed by atoms with Crippen molar-refractivity contribution in [2.24, 2.45) is 0 Å². The summed E-state index contributed by atoms with van der Waals surface area (Å²) in [6.45, 7) is 0. The molecule has 234 valence electrons. The minimum Gasteiger partial charge on any atom is -0.256 e. The molecule has 0 atom stereocenters. The first kappa shape index (κ1) is 29.4. The van der Waals surface area contributed by atoms with E-state index in [4.69, 9.17) is 9.97 Å². The molecule has 0 aliphatic rings. The molecule has 50 heavy (non-hydrogen) atoms. The van der Waals surface area contributed by atoms with Gasteiger partial charge in [0.05, 0.1) is 16.9 Å². The third-order valence-corrected chi connectivity index (χ3v) is 9.36. The minimum absolute atomic E-state index is 0.719. The molecule has 0 unspecified atom stereocenters. The third kappa shape index (κ3) is 5.61. The molecular formula is C47H31N3. The van der Waals surface area contributed by atoms with Gasteiger partial charge in [-0.3, -0.25) is 4.98 Å². The fourth-order valence-electron chi connectivity index (χ4n) is 6.78. The van der Waals surface area contributed by atoms with Crippen LogP contribution in [-0.2, 0) is 0 Å². The highest BCUT2D eigenvalue weighted by atomic mass is 14.9. The molecule has 0 N–H and O–H groups in total. The molecule has 0 amide bonds. The SMILES string of the molecule is c1ccc(-c2cc(-c3ccc(-c4ccc5c(-c6ccc(-c7cccc8cccnc78)cc6)cccc5c4)cc3)nc(-c3ccccc3)n2)cc1. The van der Waals surface area contributed by atoms with Gasteiger partial charge in [-0.2, -0.15) is 0 Å². The van der Waals surface area contributed by atoms with Gasteiger partial charge in [0.1, 0.15) is 0 Å². The Kier molecular flexibility index (Phi) is 7.49. The summed E-state index contributed by atoms with van der Waals surface area (Å²) in [6.07, 6.45) is 1.86. The lowest BCUT2D eigenvalue weighted by molar-refractivity contribution is 1.18. The maximum Gasteiger partial charge on any atom is 0.160 e. The molecular weight excluding hydrogens is 607 g/mol. The highest BCUT2D eigenvalue weighted by Gasteiger charge is 2.12. The highest BCUT2D eigenvalue weighted by molar-refractivity contribution is 5.99. The van der Waals surface area contributed by atoms with Crippen molar-refractivity contribution in [1.29, 1.82) is 0 Å². The largest absolute Gasteiger partial charge is 0.256 e. The third-order valence-electron chi connectivity index (χ3n) is 9.36. The van der Waals surface area contributed by atoms with Crippen LogP contribution >= 0.6 is 0 Å². The number of aromatic nitrogens is 3. The second kappa shape index (κ2) is 12.7. The van der Waals surface area contributed by atoms with E-state index >= 15 is 0 Å². The first-order valence-corrected chi connectivity index (χ1v) is 16.8. The topological polar surface area (TPSA) is 38.7 Å². The van der Waals surface area contributed by atoms with Crippen molar-refractivity contribution in [1.82, 2.24) is 15.0 Å². The number of para-hydroxylation sites is 1. The van der Waals surface area contributed by atoms with Crippen LogP contribution in [0.2, 0.25) is 0 Å². The normalized spacial score (nSPS) is 11.2. The zero-order chi connectivity index (χ0) is 33.3. The first-order chi connectivity index (χ1) is 24.8. The van der Waals surface area contributed by atoms with Gasteiger partial charge in [0.25, 0.3) is 0 Å². The molecule has 0 saturated carbocycles. The summed E-state index contributed by atoms with van der Waals surface area (Å²) in [5, 5.41) is 3.59. The van der Waals surface area contributed by atoms with Crippen LogP contribution in [0.5, 0.6) is 0 Å². The van der Waals surface area contributed by atoms with E-state index in [9.17, 15) is 0 Å². The number of fused-ring (bicyclic) bond motifs is 2. The average Bonchev–Trinajstić information content (AvgIpc) is 3.21. The average molecular weight is 638 g/mol. The molecule has 0 aliphatic heterocycles. The predicted octanol–water partition coefficient (Wildman–Crippen LogP) is 12.2. The van der Waals surface area contributed by atoms with E-state index in [1.807, 2.05) is 48.7 Å². The van der Waals surface area contributed by atoms with E-state index in [2.05, 4.69) is 145 Å². The summed E-state index contributed by atoms with van der Waals surface area (Å²) in [7, 11) is 0. The molecule has 0 radical (unpaired) electrons. The smallest absolute Gasteiger partial charge is 0.160 e. The Hall–Kier alpha value is -6.71. The molecule has 0 aliphatic carbocycles. The van der Waals surface area contributed by atoms with E-state index in [0.29, 0.717) is 0 Å². The van der Waals surface area contributed by atoms with Crippen molar-refractivity contribution in [3.05, 3.63) is 188 Å². The molecule has 0 bridgehead atoms. The van der Waals surface area contributed by atoms with Crippen LogP contribution in [0.15, 0.2) is 188 Å². The second-order valence-corrected chi connectivity index (χ2v) is 12.5. The van der Waals surface area contributed by atoms with Gasteiger partial charge in [0.2, 0.25) is 0 Å². The van der Waals surface area contributed by atoms with Gasteiger partial charge in [0, 0.05) is 33.8 Å². The van der Waals surface area contributed by atoms with Crippen LogP contribution in [0.1, 0.15) is 0 Å². The molecule has 0 spiro atoms. The van der Waals surface area contributed by atoms with Crippen molar-refractivity contribution >= 4 is 21.7 Å². The van der Waals surface area contributed by atoms with Crippen molar-refractivity contribution in [2.75, 3.05) is 0 Å². The fourth-order valence-corrected chi connectivity index (χ4v) is 6.78. The van der Waals surface area contributed by atoms with E-state index in [1.54, 1.807) is 0 Å². The Balaban J connectivity index is 1.03.